The fraction of sp³-hybridized carbons (Fsp3) is 0.579. The summed E-state index contributed by atoms with van der Waals surface area (Å²) in [4.78, 5) is 16.0. The number of hydrogen-bond acceptors (Lipinski definition) is 3. The molecule has 0 saturated carbocycles. The molecule has 1 amide bonds. The molecule has 2 aromatic carbocycles. The molecule has 0 fully saturated rings. The van der Waals surface area contributed by atoms with Crippen LogP contribution >= 0.6 is 11.3 Å². The third kappa shape index (κ3) is 12.5. The highest BCUT2D eigenvalue weighted by molar-refractivity contribution is 7.09. The van der Waals surface area contributed by atoms with E-state index in [-0.39, 0.29) is 11.3 Å². The topological polar surface area (TPSA) is 33.4 Å². The number of aryl methyl sites for hydroxylation is 1. The van der Waals surface area contributed by atoms with Crippen LogP contribution in [-0.2, 0) is 23.3 Å². The summed E-state index contributed by atoms with van der Waals surface area (Å²) in [6.45, 7) is 14.8. The van der Waals surface area contributed by atoms with E-state index in [9.17, 15) is 4.79 Å². The van der Waals surface area contributed by atoms with Crippen LogP contribution in [0.2, 0.25) is 0 Å². The molecule has 0 N–H and O–H groups in total. The first-order valence-electron chi connectivity index (χ1n) is 16.7. The highest BCUT2D eigenvalue weighted by Crippen LogP contribution is 2.33. The highest BCUT2D eigenvalue weighted by atomic mass is 32.1. The van der Waals surface area contributed by atoms with E-state index in [2.05, 4.69) is 81.2 Å². The van der Waals surface area contributed by atoms with E-state index in [4.69, 9.17) is 4.74 Å². The molecule has 3 aromatic rings. The Morgan fingerprint density at radius 2 is 1.51 bits per heavy atom. The average Bonchev–Trinajstić information content (AvgIpc) is 3.37. The molecule has 0 atom stereocenters. The number of carbonyl (C=O) groups excluding carboxylic acids is 1. The molecular weight excluding hydrogens is 548 g/mol. The van der Waals surface area contributed by atoms with Gasteiger partial charge in [0.15, 0.2) is 12.7 Å². The second kappa shape index (κ2) is 18.2. The summed E-state index contributed by atoms with van der Waals surface area (Å²) in [5.74, 6) is 0.990. The normalized spacial score (nSPS) is 11.6. The Bertz CT molecular complexity index is 1240. The van der Waals surface area contributed by atoms with Crippen molar-refractivity contribution in [3.05, 3.63) is 75.7 Å². The Hall–Kier alpha value is -2.66. The molecule has 1 heterocycles. The van der Waals surface area contributed by atoms with Crippen LogP contribution in [0.1, 0.15) is 133 Å². The predicted molar refractivity (Wildman–Crippen MR) is 183 cm³/mol. The number of thiazole rings is 1. The summed E-state index contributed by atoms with van der Waals surface area (Å²) in [7, 11) is 0. The second-order valence-corrected chi connectivity index (χ2v) is 14.3. The minimum atomic E-state index is -0.0172. The molecule has 0 unspecified atom stereocenters. The lowest BCUT2D eigenvalue weighted by Crippen LogP contribution is -2.31. The first-order valence-corrected chi connectivity index (χ1v) is 17.6. The van der Waals surface area contributed by atoms with Crippen molar-refractivity contribution in [2.45, 2.75) is 137 Å². The molecule has 0 radical (unpaired) electrons. The fourth-order valence-corrected chi connectivity index (χ4v) is 6.29. The Morgan fingerprint density at radius 1 is 0.860 bits per heavy atom. The molecule has 43 heavy (non-hydrogen) atoms. The van der Waals surface area contributed by atoms with Gasteiger partial charge < -0.3 is 9.64 Å². The Kier molecular flexibility index (Phi) is 14.8. The van der Waals surface area contributed by atoms with Crippen molar-refractivity contribution >= 4 is 22.9 Å². The third-order valence-electron chi connectivity index (χ3n) is 8.14. The number of rotatable bonds is 19. The molecule has 4 nitrogen and oxygen atoms in total. The molecule has 236 valence electrons. The molecule has 0 aliphatic heterocycles. The lowest BCUT2D eigenvalue weighted by molar-refractivity contribution is -0.683. The van der Waals surface area contributed by atoms with Gasteiger partial charge in [0.2, 0.25) is 11.4 Å². The van der Waals surface area contributed by atoms with Crippen LogP contribution < -0.4 is 14.2 Å². The summed E-state index contributed by atoms with van der Waals surface area (Å²) >= 11 is 1.75. The molecule has 0 aliphatic rings. The molecule has 5 heteroatoms. The van der Waals surface area contributed by atoms with Crippen LogP contribution in [0.4, 0.5) is 5.69 Å². The van der Waals surface area contributed by atoms with E-state index in [0.29, 0.717) is 6.54 Å². The SMILES string of the molecule is CCCCCCCCCCCCCCOc1cc(CN(C(C)=O)c2cccc(C[n+]3csc(C)c3)c2)ccc1C(C)(C)C. The van der Waals surface area contributed by atoms with Crippen LogP contribution in [-0.4, -0.2) is 12.5 Å². The smallest absolute Gasteiger partial charge is 0.225 e. The third-order valence-corrected chi connectivity index (χ3v) is 8.99. The van der Waals surface area contributed by atoms with Gasteiger partial charge in [0.05, 0.1) is 18.0 Å². The number of ether oxygens (including phenoxy) is 1. The maximum atomic E-state index is 12.8. The molecular formula is C38H57N2O2S+. The lowest BCUT2D eigenvalue weighted by Gasteiger charge is -2.26. The van der Waals surface area contributed by atoms with Gasteiger partial charge in [-0.15, -0.1) is 0 Å². The number of unbranched alkanes of at least 4 members (excludes halogenated alkanes) is 11. The van der Waals surface area contributed by atoms with Crippen molar-refractivity contribution in [1.82, 2.24) is 0 Å². The van der Waals surface area contributed by atoms with Crippen molar-refractivity contribution in [3.63, 3.8) is 0 Å². The van der Waals surface area contributed by atoms with Crippen LogP contribution in [0.25, 0.3) is 0 Å². The van der Waals surface area contributed by atoms with Crippen LogP contribution in [0.5, 0.6) is 5.75 Å². The van der Waals surface area contributed by atoms with Crippen LogP contribution in [0, 0.1) is 6.92 Å². The van der Waals surface area contributed by atoms with Gasteiger partial charge in [0.25, 0.3) is 0 Å². The molecule has 1 aromatic heterocycles. The lowest BCUT2D eigenvalue weighted by atomic mass is 9.85. The average molecular weight is 606 g/mol. The number of aromatic nitrogens is 1. The van der Waals surface area contributed by atoms with E-state index in [1.54, 1.807) is 18.3 Å². The zero-order chi connectivity index (χ0) is 31.1. The Labute approximate surface area is 266 Å². The standard InChI is InChI=1S/C38H57N2O2S/c1-7-8-9-10-11-12-13-14-15-16-17-18-24-42-37-26-34(22-23-36(37)38(4,5)6)29-40(32(3)41)35-21-19-20-33(25-35)28-39-27-31(2)43-30-39/h19-23,25-27,30H,7-18,24,28-29H2,1-6H3/q+1. The summed E-state index contributed by atoms with van der Waals surface area (Å²) in [6.07, 6.45) is 18.2. The number of amides is 1. The van der Waals surface area contributed by atoms with Crippen LogP contribution in [0.15, 0.2) is 54.2 Å². The molecule has 0 spiro atoms. The number of nitrogens with zero attached hydrogens (tertiary/aromatic N) is 2. The Morgan fingerprint density at radius 3 is 2.09 bits per heavy atom. The van der Waals surface area contributed by atoms with Crippen molar-refractivity contribution in [2.24, 2.45) is 0 Å². The quantitative estimate of drug-likeness (QED) is 0.101. The number of carbonyl (C=O) groups is 1. The van der Waals surface area contributed by atoms with Gasteiger partial charge in [-0.05, 0) is 48.1 Å². The van der Waals surface area contributed by atoms with Gasteiger partial charge in [-0.2, -0.15) is 4.57 Å². The molecule has 3 rings (SSSR count). The van der Waals surface area contributed by atoms with Gasteiger partial charge in [-0.3, -0.25) is 4.79 Å². The van der Waals surface area contributed by atoms with Gasteiger partial charge in [0.1, 0.15) is 5.75 Å². The van der Waals surface area contributed by atoms with Crippen molar-refractivity contribution in [1.29, 1.82) is 0 Å². The molecule has 0 bridgehead atoms. The maximum absolute atomic E-state index is 12.8. The zero-order valence-electron chi connectivity index (χ0n) is 27.9. The monoisotopic (exact) mass is 605 g/mol. The highest BCUT2D eigenvalue weighted by Gasteiger charge is 2.21. The number of hydrogen-bond donors (Lipinski definition) is 0. The predicted octanol–water partition coefficient (Wildman–Crippen LogP) is 10.3. The maximum Gasteiger partial charge on any atom is 0.225 e. The van der Waals surface area contributed by atoms with Gasteiger partial charge in [-0.25, -0.2) is 0 Å². The van der Waals surface area contributed by atoms with E-state index in [0.717, 1.165) is 36.6 Å². The first-order chi connectivity index (χ1) is 20.7. The van der Waals surface area contributed by atoms with Crippen molar-refractivity contribution in [3.8, 4) is 5.75 Å². The summed E-state index contributed by atoms with van der Waals surface area (Å²) in [5, 5.41) is 0. The van der Waals surface area contributed by atoms with E-state index in [1.807, 2.05) is 17.0 Å². The summed E-state index contributed by atoms with van der Waals surface area (Å²) in [5.41, 5.74) is 6.53. The largest absolute Gasteiger partial charge is 0.493 e. The van der Waals surface area contributed by atoms with Gasteiger partial charge in [-0.1, -0.05) is 134 Å². The minimum absolute atomic E-state index is 0.0172. The molecule has 0 aliphatic carbocycles. The van der Waals surface area contributed by atoms with Crippen molar-refractivity contribution < 1.29 is 14.1 Å². The minimum Gasteiger partial charge on any atom is -0.493 e. The zero-order valence-corrected chi connectivity index (χ0v) is 28.7. The first kappa shape index (κ1) is 34.8. The van der Waals surface area contributed by atoms with Crippen molar-refractivity contribution in [2.75, 3.05) is 11.5 Å². The van der Waals surface area contributed by atoms with Crippen LogP contribution in [0.3, 0.4) is 0 Å². The summed E-state index contributed by atoms with van der Waals surface area (Å²) < 4.78 is 8.62. The van der Waals surface area contributed by atoms with E-state index >= 15 is 0 Å². The fourth-order valence-electron chi connectivity index (χ4n) is 5.66. The number of benzene rings is 2. The second-order valence-electron chi connectivity index (χ2n) is 13.2. The summed E-state index contributed by atoms with van der Waals surface area (Å²) in [6, 6.07) is 14.8. The molecule has 0 saturated heterocycles. The Balaban J connectivity index is 1.54. The van der Waals surface area contributed by atoms with E-state index in [1.165, 1.54) is 86.6 Å². The van der Waals surface area contributed by atoms with Gasteiger partial charge >= 0.3 is 0 Å². The number of anilines is 1. The van der Waals surface area contributed by atoms with Gasteiger partial charge in [0, 0.05) is 18.2 Å². The van der Waals surface area contributed by atoms with E-state index < -0.39 is 0 Å².